The summed E-state index contributed by atoms with van der Waals surface area (Å²) in [6, 6.07) is 0.257. The van der Waals surface area contributed by atoms with Gasteiger partial charge in [-0.2, -0.15) is 25.4 Å². The van der Waals surface area contributed by atoms with Crippen LogP contribution in [-0.2, 0) is 10.2 Å². The molecular formula is C7H15N3O2S2. The summed E-state index contributed by atoms with van der Waals surface area (Å²) in [5, 5.41) is 3.62. The number of hydrogen-bond acceptors (Lipinski definition) is 4. The molecule has 82 valence electrons. The average Bonchev–Trinajstić information content (AvgIpc) is 2.61. The number of thiol groups is 1. The predicted octanol–water partition coefficient (Wildman–Crippen LogP) is -1.20. The minimum atomic E-state index is -3.17. The lowest BCUT2D eigenvalue weighted by Crippen LogP contribution is -2.39. The molecule has 2 N–H and O–H groups in total. The molecule has 0 aromatic carbocycles. The minimum Gasteiger partial charge on any atom is -0.312 e. The Hall–Kier alpha value is 0.180. The fourth-order valence-electron chi connectivity index (χ4n) is 1.88. The number of nitrogens with one attached hydrogen (secondary N) is 2. The van der Waals surface area contributed by atoms with Crippen molar-refractivity contribution in [3.8, 4) is 0 Å². The number of rotatable bonds is 2. The second-order valence-electron chi connectivity index (χ2n) is 3.75. The fourth-order valence-corrected chi connectivity index (χ4v) is 3.48. The van der Waals surface area contributed by atoms with Crippen LogP contribution >= 0.6 is 12.6 Å². The second-order valence-corrected chi connectivity index (χ2v) is 6.24. The molecule has 2 rings (SSSR count). The highest BCUT2D eigenvalue weighted by atomic mass is 32.2. The van der Waals surface area contributed by atoms with E-state index < -0.39 is 10.2 Å². The Morgan fingerprint density at radius 1 is 1.50 bits per heavy atom. The lowest BCUT2D eigenvalue weighted by molar-refractivity contribution is 0.399. The van der Waals surface area contributed by atoms with E-state index in [1.807, 2.05) is 0 Å². The van der Waals surface area contributed by atoms with Gasteiger partial charge in [0.25, 0.3) is 10.2 Å². The SMILES string of the molecule is O=S1(=O)NCCN1CC1CC(S)CN1. The van der Waals surface area contributed by atoms with Crippen LogP contribution in [0.25, 0.3) is 0 Å². The van der Waals surface area contributed by atoms with E-state index in [9.17, 15) is 8.42 Å². The van der Waals surface area contributed by atoms with Gasteiger partial charge in [-0.3, -0.25) is 0 Å². The van der Waals surface area contributed by atoms with Crippen LogP contribution in [0.1, 0.15) is 6.42 Å². The fraction of sp³-hybridized carbons (Fsp3) is 1.00. The van der Waals surface area contributed by atoms with Crippen LogP contribution < -0.4 is 10.0 Å². The molecule has 2 aliphatic heterocycles. The van der Waals surface area contributed by atoms with E-state index in [0.29, 0.717) is 24.9 Å². The van der Waals surface area contributed by atoms with Gasteiger partial charge in [-0.05, 0) is 6.42 Å². The third-order valence-corrected chi connectivity index (χ3v) is 4.58. The maximum Gasteiger partial charge on any atom is 0.279 e. The van der Waals surface area contributed by atoms with Crippen LogP contribution in [0.15, 0.2) is 0 Å². The summed E-state index contributed by atoms with van der Waals surface area (Å²) in [6.45, 7) is 2.54. The van der Waals surface area contributed by atoms with Crippen molar-refractivity contribution in [2.45, 2.75) is 17.7 Å². The van der Waals surface area contributed by atoms with Gasteiger partial charge < -0.3 is 5.32 Å². The molecular weight excluding hydrogens is 222 g/mol. The zero-order chi connectivity index (χ0) is 10.2. The van der Waals surface area contributed by atoms with E-state index in [2.05, 4.69) is 22.7 Å². The molecule has 2 heterocycles. The van der Waals surface area contributed by atoms with Gasteiger partial charge in [-0.1, -0.05) is 0 Å². The monoisotopic (exact) mass is 237 g/mol. The van der Waals surface area contributed by atoms with Crippen molar-refractivity contribution >= 4 is 22.8 Å². The van der Waals surface area contributed by atoms with E-state index in [-0.39, 0.29) is 6.04 Å². The van der Waals surface area contributed by atoms with Crippen LogP contribution in [0.3, 0.4) is 0 Å². The summed E-state index contributed by atoms with van der Waals surface area (Å²) < 4.78 is 26.8. The highest BCUT2D eigenvalue weighted by molar-refractivity contribution is 7.87. The molecule has 0 aromatic heterocycles. The predicted molar refractivity (Wildman–Crippen MR) is 57.7 cm³/mol. The summed E-state index contributed by atoms with van der Waals surface area (Å²) in [7, 11) is -3.17. The molecule has 0 aromatic rings. The van der Waals surface area contributed by atoms with Crippen molar-refractivity contribution in [2.75, 3.05) is 26.2 Å². The smallest absolute Gasteiger partial charge is 0.279 e. The van der Waals surface area contributed by atoms with Gasteiger partial charge in [0.1, 0.15) is 0 Å². The maximum atomic E-state index is 11.4. The van der Waals surface area contributed by atoms with E-state index in [1.165, 1.54) is 4.31 Å². The highest BCUT2D eigenvalue weighted by Crippen LogP contribution is 2.15. The van der Waals surface area contributed by atoms with Gasteiger partial charge in [0.15, 0.2) is 0 Å². The van der Waals surface area contributed by atoms with E-state index in [0.717, 1.165) is 13.0 Å². The quantitative estimate of drug-likeness (QED) is 0.529. The molecule has 2 atom stereocenters. The maximum absolute atomic E-state index is 11.4. The molecule has 0 amide bonds. The zero-order valence-electron chi connectivity index (χ0n) is 7.81. The molecule has 0 bridgehead atoms. The second kappa shape index (κ2) is 3.97. The lowest BCUT2D eigenvalue weighted by atomic mass is 10.2. The Kier molecular flexibility index (Phi) is 3.03. The molecule has 0 spiro atoms. The normalized spacial score (nSPS) is 37.8. The first-order valence-electron chi connectivity index (χ1n) is 4.74. The number of nitrogens with zero attached hydrogens (tertiary/aromatic N) is 1. The minimum absolute atomic E-state index is 0.257. The molecule has 2 unspecified atom stereocenters. The Labute approximate surface area is 89.8 Å². The molecule has 2 aliphatic rings. The van der Waals surface area contributed by atoms with Crippen molar-refractivity contribution in [1.82, 2.24) is 14.3 Å². The largest absolute Gasteiger partial charge is 0.312 e. The topological polar surface area (TPSA) is 61.4 Å². The molecule has 5 nitrogen and oxygen atoms in total. The van der Waals surface area contributed by atoms with Crippen molar-refractivity contribution in [1.29, 1.82) is 0 Å². The van der Waals surface area contributed by atoms with Crippen molar-refractivity contribution < 1.29 is 8.42 Å². The van der Waals surface area contributed by atoms with Gasteiger partial charge >= 0.3 is 0 Å². The van der Waals surface area contributed by atoms with Crippen molar-refractivity contribution in [3.63, 3.8) is 0 Å². The summed E-state index contributed by atoms with van der Waals surface area (Å²) >= 11 is 4.35. The number of hydrogen-bond donors (Lipinski definition) is 3. The summed E-state index contributed by atoms with van der Waals surface area (Å²) in [4.78, 5) is 0. The molecule has 0 radical (unpaired) electrons. The van der Waals surface area contributed by atoms with Crippen LogP contribution in [0.5, 0.6) is 0 Å². The first kappa shape index (κ1) is 10.7. The van der Waals surface area contributed by atoms with E-state index in [1.54, 1.807) is 0 Å². The summed E-state index contributed by atoms with van der Waals surface area (Å²) in [6.07, 6.45) is 0.940. The molecule has 14 heavy (non-hydrogen) atoms. The van der Waals surface area contributed by atoms with E-state index in [4.69, 9.17) is 0 Å². The Bertz CT molecular complexity index is 306. The first-order chi connectivity index (χ1) is 6.58. The van der Waals surface area contributed by atoms with Crippen LogP contribution in [-0.4, -0.2) is 50.2 Å². The molecule has 2 saturated heterocycles. The van der Waals surface area contributed by atoms with Gasteiger partial charge in [-0.15, -0.1) is 0 Å². The summed E-state index contributed by atoms with van der Waals surface area (Å²) in [5.74, 6) is 0. The molecule has 2 fully saturated rings. The molecule has 0 saturated carbocycles. The summed E-state index contributed by atoms with van der Waals surface area (Å²) in [5.41, 5.74) is 0. The van der Waals surface area contributed by atoms with Crippen LogP contribution in [0.4, 0.5) is 0 Å². The van der Waals surface area contributed by atoms with Crippen LogP contribution in [0.2, 0.25) is 0 Å². The van der Waals surface area contributed by atoms with Gasteiger partial charge in [0.2, 0.25) is 0 Å². The van der Waals surface area contributed by atoms with Gasteiger partial charge in [-0.25, -0.2) is 4.72 Å². The van der Waals surface area contributed by atoms with E-state index >= 15 is 0 Å². The van der Waals surface area contributed by atoms with Gasteiger partial charge in [0, 0.05) is 37.5 Å². The third-order valence-electron chi connectivity index (χ3n) is 2.61. The Morgan fingerprint density at radius 3 is 2.79 bits per heavy atom. The van der Waals surface area contributed by atoms with Crippen LogP contribution in [0, 0.1) is 0 Å². The standard InChI is InChI=1S/C7H15N3O2S2/c11-14(12)9-1-2-10(14)5-6-3-7(13)4-8-6/h6-9,13H,1-5H2. The first-order valence-corrected chi connectivity index (χ1v) is 6.70. The molecule has 0 aliphatic carbocycles. The Balaban J connectivity index is 1.92. The van der Waals surface area contributed by atoms with Crippen molar-refractivity contribution in [2.24, 2.45) is 0 Å². The molecule has 7 heteroatoms. The average molecular weight is 237 g/mol. The van der Waals surface area contributed by atoms with Gasteiger partial charge in [0.05, 0.1) is 0 Å². The lowest BCUT2D eigenvalue weighted by Gasteiger charge is -2.18. The third kappa shape index (κ3) is 2.22. The highest BCUT2D eigenvalue weighted by Gasteiger charge is 2.32. The Morgan fingerprint density at radius 2 is 2.29 bits per heavy atom. The van der Waals surface area contributed by atoms with Crippen molar-refractivity contribution in [3.05, 3.63) is 0 Å². The zero-order valence-corrected chi connectivity index (χ0v) is 9.52.